The number of alkyl halides is 3. The maximum atomic E-state index is 12.9. The van der Waals surface area contributed by atoms with Gasteiger partial charge in [0.1, 0.15) is 0 Å². The molecule has 11 heteroatoms. The summed E-state index contributed by atoms with van der Waals surface area (Å²) in [7, 11) is 0. The summed E-state index contributed by atoms with van der Waals surface area (Å²) in [5.41, 5.74) is 4.25. The average Bonchev–Trinajstić information content (AvgIpc) is 3.56. The first kappa shape index (κ1) is 26.6. The van der Waals surface area contributed by atoms with Crippen LogP contribution in [0.15, 0.2) is 54.7 Å². The molecule has 0 spiro atoms. The number of nitrogens with zero attached hydrogens (tertiary/aromatic N) is 4. The Morgan fingerprint density at radius 2 is 1.85 bits per heavy atom. The zero-order chi connectivity index (χ0) is 28.1. The minimum absolute atomic E-state index is 0.0240. The molecule has 0 saturated carbocycles. The van der Waals surface area contributed by atoms with Crippen molar-refractivity contribution < 1.29 is 22.6 Å². The fraction of sp³-hybridized carbons (Fsp3) is 0.345. The van der Waals surface area contributed by atoms with Crippen molar-refractivity contribution in [1.82, 2.24) is 25.1 Å². The maximum absolute atomic E-state index is 12.9. The molecular formula is C29H27ClF3N5O2. The highest BCUT2D eigenvalue weighted by Crippen LogP contribution is 2.49. The van der Waals surface area contributed by atoms with Crippen molar-refractivity contribution in [3.8, 4) is 22.9 Å². The van der Waals surface area contributed by atoms with E-state index in [0.29, 0.717) is 23.0 Å². The molecule has 2 aliphatic rings. The van der Waals surface area contributed by atoms with Crippen molar-refractivity contribution in [2.75, 3.05) is 13.1 Å². The molecule has 4 heterocycles. The number of ether oxygens (including phenoxy) is 2. The van der Waals surface area contributed by atoms with Crippen LogP contribution in [0.5, 0.6) is 11.5 Å². The number of aromatic nitrogens is 4. The Balaban J connectivity index is 1.11. The summed E-state index contributed by atoms with van der Waals surface area (Å²) in [5.74, 6) is -0.198. The quantitative estimate of drug-likeness (QED) is 0.283. The van der Waals surface area contributed by atoms with Gasteiger partial charge in [-0.15, -0.1) is 0 Å². The zero-order valence-corrected chi connectivity index (χ0v) is 22.7. The lowest BCUT2D eigenvalue weighted by molar-refractivity contribution is -0.144. The van der Waals surface area contributed by atoms with Crippen molar-refractivity contribution in [3.05, 3.63) is 88.0 Å². The Hall–Kier alpha value is -3.63. The monoisotopic (exact) mass is 569 g/mol. The third-order valence-electron chi connectivity index (χ3n) is 7.58. The van der Waals surface area contributed by atoms with Crippen molar-refractivity contribution in [2.24, 2.45) is 0 Å². The molecule has 0 radical (unpaired) electrons. The third-order valence-corrected chi connectivity index (χ3v) is 7.83. The van der Waals surface area contributed by atoms with Crippen LogP contribution in [-0.2, 0) is 18.5 Å². The Morgan fingerprint density at radius 1 is 1.10 bits per heavy atom. The van der Waals surface area contributed by atoms with E-state index in [1.165, 1.54) is 6.20 Å². The van der Waals surface area contributed by atoms with E-state index in [2.05, 4.69) is 26.0 Å². The van der Waals surface area contributed by atoms with E-state index in [1.54, 1.807) is 6.07 Å². The van der Waals surface area contributed by atoms with Gasteiger partial charge < -0.3 is 9.47 Å². The fourth-order valence-electron chi connectivity index (χ4n) is 5.36. The summed E-state index contributed by atoms with van der Waals surface area (Å²) in [4.78, 5) is 10.4. The number of pyridine rings is 1. The first-order chi connectivity index (χ1) is 19.1. The summed E-state index contributed by atoms with van der Waals surface area (Å²) >= 11 is 6.07. The number of benzene rings is 2. The molecule has 6 rings (SSSR count). The van der Waals surface area contributed by atoms with Crippen LogP contribution in [0.2, 0.25) is 5.02 Å². The largest absolute Gasteiger partial charge is 0.451 e. The minimum atomic E-state index is -4.57. The van der Waals surface area contributed by atoms with Gasteiger partial charge in [-0.05, 0) is 80.7 Å². The van der Waals surface area contributed by atoms with Crippen LogP contribution in [-0.4, -0.2) is 38.2 Å². The number of nitrogens with one attached hydrogen (secondary N) is 1. The Morgan fingerprint density at radius 3 is 2.52 bits per heavy atom. The Bertz CT molecular complexity index is 1530. The van der Waals surface area contributed by atoms with Gasteiger partial charge in [0.25, 0.3) is 5.79 Å². The number of hydrogen-bond acceptors (Lipinski definition) is 6. The van der Waals surface area contributed by atoms with Crippen LogP contribution in [0.25, 0.3) is 11.4 Å². The van der Waals surface area contributed by atoms with E-state index in [4.69, 9.17) is 21.1 Å². The van der Waals surface area contributed by atoms with Gasteiger partial charge in [-0.3, -0.25) is 15.0 Å². The van der Waals surface area contributed by atoms with E-state index < -0.39 is 17.8 Å². The number of aromatic amines is 1. The smallest absolute Gasteiger partial charge is 0.445 e. The summed E-state index contributed by atoms with van der Waals surface area (Å²) in [6.07, 6.45) is -1.14. The van der Waals surface area contributed by atoms with Gasteiger partial charge in [0.15, 0.2) is 17.3 Å². The number of halogens is 4. The van der Waals surface area contributed by atoms with Crippen molar-refractivity contribution in [3.63, 3.8) is 0 Å². The molecule has 0 bridgehead atoms. The number of piperidine rings is 1. The molecule has 2 aromatic carbocycles. The number of H-pyrrole nitrogens is 1. The third kappa shape index (κ3) is 5.13. The molecule has 2 aromatic heterocycles. The molecule has 40 heavy (non-hydrogen) atoms. The molecule has 1 N–H and O–H groups in total. The molecule has 7 nitrogen and oxygen atoms in total. The highest BCUT2D eigenvalue weighted by Gasteiger charge is 2.41. The maximum Gasteiger partial charge on any atom is 0.451 e. The lowest BCUT2D eigenvalue weighted by Crippen LogP contribution is -2.33. The molecule has 0 aliphatic carbocycles. The Kier molecular flexibility index (Phi) is 6.70. The van der Waals surface area contributed by atoms with Crippen molar-refractivity contribution in [1.29, 1.82) is 0 Å². The minimum Gasteiger partial charge on any atom is -0.445 e. The first-order valence-corrected chi connectivity index (χ1v) is 13.4. The number of fused-ring (bicyclic) bond motifs is 1. The number of para-hydroxylation sites is 1. The van der Waals surface area contributed by atoms with Gasteiger partial charge in [-0.2, -0.15) is 18.3 Å². The van der Waals surface area contributed by atoms with Crippen LogP contribution in [0.4, 0.5) is 13.2 Å². The predicted octanol–water partition coefficient (Wildman–Crippen LogP) is 6.87. The van der Waals surface area contributed by atoms with Gasteiger partial charge in [-0.25, -0.2) is 4.98 Å². The summed E-state index contributed by atoms with van der Waals surface area (Å²) < 4.78 is 51.3. The number of aryl methyl sites for hydroxylation is 1. The molecule has 1 fully saturated rings. The second kappa shape index (κ2) is 10.1. The average molecular weight is 570 g/mol. The van der Waals surface area contributed by atoms with Gasteiger partial charge in [-0.1, -0.05) is 23.7 Å². The molecule has 1 saturated heterocycles. The molecule has 4 aromatic rings. The van der Waals surface area contributed by atoms with E-state index in [1.807, 2.05) is 55.3 Å². The molecular weight excluding hydrogens is 543 g/mol. The lowest BCUT2D eigenvalue weighted by atomic mass is 9.88. The molecule has 1 atom stereocenters. The number of likely N-dealkylation sites (tertiary alicyclic amines) is 1. The summed E-state index contributed by atoms with van der Waals surface area (Å²) in [6, 6.07) is 15.3. The fourth-order valence-corrected chi connectivity index (χ4v) is 5.49. The van der Waals surface area contributed by atoms with E-state index in [9.17, 15) is 13.2 Å². The second-order valence-corrected chi connectivity index (χ2v) is 10.8. The second-order valence-electron chi connectivity index (χ2n) is 10.4. The zero-order valence-electron chi connectivity index (χ0n) is 21.9. The van der Waals surface area contributed by atoms with Crippen LogP contribution >= 0.6 is 11.6 Å². The van der Waals surface area contributed by atoms with Gasteiger partial charge in [0, 0.05) is 41.4 Å². The number of hydrogen-bond donors (Lipinski definition) is 1. The van der Waals surface area contributed by atoms with Gasteiger partial charge in [0.2, 0.25) is 5.82 Å². The number of rotatable bonds is 5. The SMILES string of the molecule is Cc1cc(-c2n[nH]c(C(F)(F)F)n2)cnc1CN1CCC(c2cccc3c2OC(C)(c2ccc(Cl)cc2)O3)CC1. The van der Waals surface area contributed by atoms with Crippen molar-refractivity contribution >= 4 is 11.6 Å². The van der Waals surface area contributed by atoms with E-state index in [-0.39, 0.29) is 5.82 Å². The van der Waals surface area contributed by atoms with Gasteiger partial charge >= 0.3 is 6.18 Å². The molecule has 2 aliphatic heterocycles. The normalized spacial score (nSPS) is 19.8. The molecule has 208 valence electrons. The summed E-state index contributed by atoms with van der Waals surface area (Å²) in [5, 5.41) is 6.31. The van der Waals surface area contributed by atoms with Crippen LogP contribution in [0.3, 0.4) is 0 Å². The van der Waals surface area contributed by atoms with E-state index in [0.717, 1.165) is 59.8 Å². The lowest BCUT2D eigenvalue weighted by Gasteiger charge is -2.32. The highest BCUT2D eigenvalue weighted by atomic mass is 35.5. The molecule has 1 unspecified atom stereocenters. The molecule has 0 amide bonds. The standard InChI is InChI=1S/C29H27ClF3N5O2/c1-17-14-19(26-35-27(37-36-26)29(31,32)33)15-34-23(17)16-38-12-10-18(11-13-38)22-4-3-5-24-25(22)40-28(2,39-24)20-6-8-21(30)9-7-20/h3-9,14-15,18H,10-13,16H2,1-2H3,(H,35,36,37). The van der Waals surface area contributed by atoms with Crippen LogP contribution in [0.1, 0.15) is 53.9 Å². The van der Waals surface area contributed by atoms with Crippen LogP contribution < -0.4 is 9.47 Å². The topological polar surface area (TPSA) is 76.2 Å². The summed E-state index contributed by atoms with van der Waals surface area (Å²) in [6.45, 7) is 6.23. The van der Waals surface area contributed by atoms with Crippen LogP contribution in [0, 0.1) is 6.92 Å². The predicted molar refractivity (Wildman–Crippen MR) is 143 cm³/mol. The highest BCUT2D eigenvalue weighted by molar-refractivity contribution is 6.30. The van der Waals surface area contributed by atoms with Gasteiger partial charge in [0.05, 0.1) is 5.69 Å². The Labute approximate surface area is 234 Å². The van der Waals surface area contributed by atoms with E-state index >= 15 is 0 Å². The first-order valence-electron chi connectivity index (χ1n) is 13.0. The van der Waals surface area contributed by atoms with Crippen molar-refractivity contribution in [2.45, 2.75) is 51.1 Å².